The molecule has 1 nitrogen and oxygen atoms in total. The van der Waals surface area contributed by atoms with E-state index in [1.54, 1.807) is 7.11 Å². The van der Waals surface area contributed by atoms with E-state index in [0.717, 1.165) is 28.3 Å². The van der Waals surface area contributed by atoms with Crippen LogP contribution in [0.4, 0.5) is 0 Å². The number of rotatable bonds is 3. The molecule has 0 atom stereocenters. The van der Waals surface area contributed by atoms with Crippen LogP contribution in [0.2, 0.25) is 5.02 Å². The quantitative estimate of drug-likeness (QED) is 0.782. The zero-order valence-corrected chi connectivity index (χ0v) is 9.79. The monoisotopic (exact) mass is 231 g/mol. The SMILES string of the molecule is COc1ccc(Cc2[c]cccc2)c(Cl)c1. The molecule has 0 bridgehead atoms. The van der Waals surface area contributed by atoms with Crippen LogP contribution in [-0.2, 0) is 6.42 Å². The average Bonchev–Trinajstić information content (AvgIpc) is 2.33. The Morgan fingerprint density at radius 3 is 2.75 bits per heavy atom. The molecule has 2 heteroatoms. The normalized spacial score (nSPS) is 10.1. The highest BCUT2D eigenvalue weighted by atomic mass is 35.5. The summed E-state index contributed by atoms with van der Waals surface area (Å²) in [5.41, 5.74) is 2.22. The van der Waals surface area contributed by atoms with Crippen LogP contribution in [0.5, 0.6) is 5.75 Å². The van der Waals surface area contributed by atoms with E-state index in [1.165, 1.54) is 0 Å². The van der Waals surface area contributed by atoms with Crippen LogP contribution < -0.4 is 4.74 Å². The van der Waals surface area contributed by atoms with Gasteiger partial charge in [0.05, 0.1) is 7.11 Å². The smallest absolute Gasteiger partial charge is 0.120 e. The van der Waals surface area contributed by atoms with Crippen LogP contribution in [0.15, 0.2) is 42.5 Å². The van der Waals surface area contributed by atoms with Gasteiger partial charge in [0.25, 0.3) is 0 Å². The number of halogens is 1. The Morgan fingerprint density at radius 1 is 1.25 bits per heavy atom. The van der Waals surface area contributed by atoms with Crippen molar-refractivity contribution in [2.75, 3.05) is 7.11 Å². The van der Waals surface area contributed by atoms with Crippen molar-refractivity contribution >= 4 is 11.6 Å². The number of ether oxygens (including phenoxy) is 1. The molecule has 0 aliphatic rings. The minimum absolute atomic E-state index is 0.733. The fraction of sp³-hybridized carbons (Fsp3) is 0.143. The van der Waals surface area contributed by atoms with Crippen LogP contribution in [-0.4, -0.2) is 7.11 Å². The van der Waals surface area contributed by atoms with E-state index in [-0.39, 0.29) is 0 Å². The molecule has 0 heterocycles. The zero-order valence-electron chi connectivity index (χ0n) is 9.03. The predicted molar refractivity (Wildman–Crippen MR) is 66.1 cm³/mol. The van der Waals surface area contributed by atoms with E-state index in [1.807, 2.05) is 42.5 Å². The van der Waals surface area contributed by atoms with Crippen molar-refractivity contribution in [1.82, 2.24) is 0 Å². The Labute approximate surface area is 101 Å². The van der Waals surface area contributed by atoms with Crippen LogP contribution in [0.3, 0.4) is 0 Å². The van der Waals surface area contributed by atoms with Crippen molar-refractivity contribution in [3.8, 4) is 5.75 Å². The van der Waals surface area contributed by atoms with Crippen LogP contribution in [0.25, 0.3) is 0 Å². The molecule has 1 radical (unpaired) electrons. The standard InChI is InChI=1S/C14H12ClO/c1-16-13-8-7-12(14(15)10-13)9-11-5-3-2-4-6-11/h2-5,7-8,10H,9H2,1H3. The number of methoxy groups -OCH3 is 1. The van der Waals surface area contributed by atoms with Gasteiger partial charge in [0.15, 0.2) is 0 Å². The Morgan fingerprint density at radius 2 is 2.12 bits per heavy atom. The van der Waals surface area contributed by atoms with Crippen molar-refractivity contribution in [2.24, 2.45) is 0 Å². The van der Waals surface area contributed by atoms with Crippen molar-refractivity contribution in [1.29, 1.82) is 0 Å². The summed E-state index contributed by atoms with van der Waals surface area (Å²) >= 11 is 6.16. The van der Waals surface area contributed by atoms with E-state index in [4.69, 9.17) is 16.3 Å². The molecule has 0 amide bonds. The summed E-state index contributed by atoms with van der Waals surface area (Å²) in [5.74, 6) is 0.783. The highest BCUT2D eigenvalue weighted by Crippen LogP contribution is 2.24. The minimum atomic E-state index is 0.733. The van der Waals surface area contributed by atoms with E-state index >= 15 is 0 Å². The average molecular weight is 232 g/mol. The first-order chi connectivity index (χ1) is 7.79. The Kier molecular flexibility index (Phi) is 3.47. The predicted octanol–water partition coefficient (Wildman–Crippen LogP) is 3.74. The van der Waals surface area contributed by atoms with Gasteiger partial charge in [0, 0.05) is 5.02 Å². The number of benzene rings is 2. The molecule has 16 heavy (non-hydrogen) atoms. The summed E-state index contributed by atoms with van der Waals surface area (Å²) in [4.78, 5) is 0. The molecule has 0 aliphatic heterocycles. The van der Waals surface area contributed by atoms with Gasteiger partial charge in [-0.25, -0.2) is 0 Å². The Balaban J connectivity index is 2.22. The maximum atomic E-state index is 6.16. The summed E-state index contributed by atoms with van der Waals surface area (Å²) < 4.78 is 5.11. The fourth-order valence-electron chi connectivity index (χ4n) is 1.54. The molecule has 0 N–H and O–H groups in total. The Hall–Kier alpha value is -1.47. The molecular weight excluding hydrogens is 220 g/mol. The first-order valence-electron chi connectivity index (χ1n) is 5.07. The maximum Gasteiger partial charge on any atom is 0.120 e. The topological polar surface area (TPSA) is 9.23 Å². The third-order valence-corrected chi connectivity index (χ3v) is 2.77. The molecular formula is C14H12ClO. The van der Waals surface area contributed by atoms with Gasteiger partial charge in [-0.15, -0.1) is 0 Å². The molecule has 0 spiro atoms. The maximum absolute atomic E-state index is 6.16. The molecule has 0 fully saturated rings. The first kappa shape index (κ1) is 11.0. The molecule has 2 aromatic carbocycles. The third kappa shape index (κ3) is 2.56. The number of hydrogen-bond acceptors (Lipinski definition) is 1. The lowest BCUT2D eigenvalue weighted by molar-refractivity contribution is 0.414. The molecule has 0 unspecified atom stereocenters. The summed E-state index contributed by atoms with van der Waals surface area (Å²) in [6.45, 7) is 0. The van der Waals surface area contributed by atoms with E-state index < -0.39 is 0 Å². The lowest BCUT2D eigenvalue weighted by Crippen LogP contribution is -1.90. The van der Waals surface area contributed by atoms with E-state index in [9.17, 15) is 0 Å². The van der Waals surface area contributed by atoms with Gasteiger partial charge < -0.3 is 4.74 Å². The molecule has 0 saturated heterocycles. The van der Waals surface area contributed by atoms with Gasteiger partial charge in [-0.1, -0.05) is 41.9 Å². The molecule has 81 valence electrons. The molecule has 0 aromatic heterocycles. The molecule has 2 aromatic rings. The molecule has 0 saturated carbocycles. The summed E-state index contributed by atoms with van der Waals surface area (Å²) in [6.07, 6.45) is 0.795. The van der Waals surface area contributed by atoms with Gasteiger partial charge in [0.1, 0.15) is 5.75 Å². The lowest BCUT2D eigenvalue weighted by atomic mass is 10.1. The van der Waals surface area contributed by atoms with Crippen LogP contribution in [0.1, 0.15) is 11.1 Å². The van der Waals surface area contributed by atoms with E-state index in [2.05, 4.69) is 6.07 Å². The van der Waals surface area contributed by atoms with Crippen LogP contribution >= 0.6 is 11.6 Å². The highest BCUT2D eigenvalue weighted by molar-refractivity contribution is 6.31. The third-order valence-electron chi connectivity index (χ3n) is 2.41. The second kappa shape index (κ2) is 5.04. The van der Waals surface area contributed by atoms with Gasteiger partial charge in [-0.3, -0.25) is 0 Å². The Bertz CT molecular complexity index is 465. The fourth-order valence-corrected chi connectivity index (χ4v) is 1.78. The largest absolute Gasteiger partial charge is 0.497 e. The van der Waals surface area contributed by atoms with Gasteiger partial charge in [-0.05, 0) is 35.7 Å². The second-order valence-corrected chi connectivity index (χ2v) is 3.93. The van der Waals surface area contributed by atoms with E-state index in [0.29, 0.717) is 0 Å². The summed E-state index contributed by atoms with van der Waals surface area (Å²) in [7, 11) is 1.64. The summed E-state index contributed by atoms with van der Waals surface area (Å²) in [6, 6.07) is 16.8. The van der Waals surface area contributed by atoms with Gasteiger partial charge >= 0.3 is 0 Å². The first-order valence-corrected chi connectivity index (χ1v) is 5.45. The van der Waals surface area contributed by atoms with Gasteiger partial charge in [-0.2, -0.15) is 0 Å². The van der Waals surface area contributed by atoms with Crippen molar-refractivity contribution in [3.05, 3.63) is 64.7 Å². The summed E-state index contributed by atoms with van der Waals surface area (Å²) in [5, 5.41) is 0.733. The van der Waals surface area contributed by atoms with Crippen LogP contribution in [0, 0.1) is 6.07 Å². The minimum Gasteiger partial charge on any atom is -0.497 e. The van der Waals surface area contributed by atoms with Crippen molar-refractivity contribution in [2.45, 2.75) is 6.42 Å². The highest BCUT2D eigenvalue weighted by Gasteiger charge is 2.03. The van der Waals surface area contributed by atoms with Gasteiger partial charge in [0.2, 0.25) is 0 Å². The molecule has 0 aliphatic carbocycles. The lowest BCUT2D eigenvalue weighted by Gasteiger charge is -2.06. The van der Waals surface area contributed by atoms with Crippen molar-refractivity contribution < 1.29 is 4.74 Å². The zero-order chi connectivity index (χ0) is 11.4. The molecule has 2 rings (SSSR count). The number of hydrogen-bond donors (Lipinski definition) is 0. The van der Waals surface area contributed by atoms with Crippen molar-refractivity contribution in [3.63, 3.8) is 0 Å². The second-order valence-electron chi connectivity index (χ2n) is 3.52.